The number of pyridine rings is 2. The number of halogens is 3. The highest BCUT2D eigenvalue weighted by atomic mass is 35.5. The lowest BCUT2D eigenvalue weighted by atomic mass is 10.2. The van der Waals surface area contributed by atoms with Crippen molar-refractivity contribution in [3.8, 4) is 17.1 Å². The molecule has 3 aromatic rings. The Labute approximate surface area is 153 Å². The summed E-state index contributed by atoms with van der Waals surface area (Å²) >= 11 is 18.6. The molecule has 0 radical (unpaired) electrons. The van der Waals surface area contributed by atoms with Crippen LogP contribution in [0.2, 0.25) is 15.5 Å². The Hall–Kier alpha value is -1.67. The molecular weight excluding hydrogens is 395 g/mol. The predicted octanol–water partition coefficient (Wildman–Crippen LogP) is 3.69. The average Bonchev–Trinajstić information content (AvgIpc) is 2.81. The van der Waals surface area contributed by atoms with Crippen molar-refractivity contribution in [2.45, 2.75) is 4.90 Å². The maximum atomic E-state index is 11.6. The molecule has 0 bridgehead atoms. The molecule has 0 saturated carbocycles. The first-order valence-electron chi connectivity index (χ1n) is 6.49. The second-order valence-corrected chi connectivity index (χ2v) is 7.96. The van der Waals surface area contributed by atoms with Crippen LogP contribution < -0.4 is 0 Å². The first-order chi connectivity index (χ1) is 11.3. The van der Waals surface area contributed by atoms with Gasteiger partial charge in [-0.25, -0.2) is 18.4 Å². The molecule has 3 heterocycles. The summed E-state index contributed by atoms with van der Waals surface area (Å²) in [5.41, 5.74) is 1.19. The Morgan fingerprint density at radius 1 is 1.12 bits per heavy atom. The van der Waals surface area contributed by atoms with Crippen LogP contribution in [0.3, 0.4) is 0 Å². The minimum absolute atomic E-state index is 0.00375. The highest BCUT2D eigenvalue weighted by Gasteiger charge is 2.21. The summed E-state index contributed by atoms with van der Waals surface area (Å²) in [4.78, 5) is 12.1. The van der Waals surface area contributed by atoms with Crippen molar-refractivity contribution < 1.29 is 8.42 Å². The van der Waals surface area contributed by atoms with Crippen molar-refractivity contribution in [1.29, 1.82) is 0 Å². The Bertz CT molecular complexity index is 1020. The zero-order valence-electron chi connectivity index (χ0n) is 12.1. The van der Waals surface area contributed by atoms with Gasteiger partial charge in [0.1, 0.15) is 0 Å². The van der Waals surface area contributed by atoms with Gasteiger partial charge in [0.25, 0.3) is 0 Å². The Morgan fingerprint density at radius 3 is 2.38 bits per heavy atom. The molecule has 0 fully saturated rings. The third-order valence-corrected chi connectivity index (χ3v) is 5.06. The van der Waals surface area contributed by atoms with E-state index in [4.69, 9.17) is 34.8 Å². The molecule has 10 heteroatoms. The monoisotopic (exact) mass is 402 g/mol. The number of aromatic nitrogens is 4. The van der Waals surface area contributed by atoms with Gasteiger partial charge in [-0.3, -0.25) is 9.55 Å². The molecule has 0 amide bonds. The molecule has 0 N–H and O–H groups in total. The van der Waals surface area contributed by atoms with E-state index in [9.17, 15) is 8.42 Å². The van der Waals surface area contributed by atoms with E-state index in [1.807, 2.05) is 0 Å². The fourth-order valence-corrected chi connectivity index (χ4v) is 3.56. The van der Waals surface area contributed by atoms with Gasteiger partial charge in [-0.15, -0.1) is 0 Å². The normalized spacial score (nSPS) is 11.7. The Kier molecular flexibility index (Phi) is 4.52. The zero-order chi connectivity index (χ0) is 17.5. The lowest BCUT2D eigenvalue weighted by molar-refractivity contribution is 0.601. The largest absolute Gasteiger partial charge is 0.265 e. The van der Waals surface area contributed by atoms with Crippen LogP contribution in [0.1, 0.15) is 0 Å². The molecule has 0 atom stereocenters. The summed E-state index contributed by atoms with van der Waals surface area (Å²) in [6, 6.07) is 4.77. The molecule has 3 aromatic heterocycles. The molecule has 3 rings (SSSR count). The van der Waals surface area contributed by atoms with Crippen LogP contribution in [0.25, 0.3) is 17.1 Å². The molecule has 24 heavy (non-hydrogen) atoms. The highest BCUT2D eigenvalue weighted by Crippen LogP contribution is 2.35. The summed E-state index contributed by atoms with van der Waals surface area (Å²) in [5.74, 6) is 0.222. The van der Waals surface area contributed by atoms with Gasteiger partial charge in [-0.05, 0) is 29.8 Å². The average molecular weight is 404 g/mol. The van der Waals surface area contributed by atoms with E-state index < -0.39 is 9.84 Å². The highest BCUT2D eigenvalue weighted by molar-refractivity contribution is 7.90. The van der Waals surface area contributed by atoms with Gasteiger partial charge < -0.3 is 0 Å². The first-order valence-corrected chi connectivity index (χ1v) is 9.51. The fraction of sp³-hybridized carbons (Fsp3) is 0.0714. The first kappa shape index (κ1) is 17.2. The van der Waals surface area contributed by atoms with Crippen molar-refractivity contribution in [1.82, 2.24) is 19.5 Å². The van der Waals surface area contributed by atoms with Gasteiger partial charge in [0, 0.05) is 30.4 Å². The third kappa shape index (κ3) is 3.12. The molecular formula is C14H9Cl3N4O2S. The van der Waals surface area contributed by atoms with Gasteiger partial charge in [0.05, 0.1) is 15.6 Å². The maximum Gasteiger partial charge on any atom is 0.210 e. The lowest BCUT2D eigenvalue weighted by Crippen LogP contribution is -2.04. The van der Waals surface area contributed by atoms with Crippen molar-refractivity contribution in [3.05, 3.63) is 52.2 Å². The van der Waals surface area contributed by atoms with Crippen LogP contribution in [-0.4, -0.2) is 34.2 Å². The lowest BCUT2D eigenvalue weighted by Gasteiger charge is -2.11. The minimum atomic E-state index is -3.43. The molecule has 0 aliphatic heterocycles. The number of hydrogen-bond acceptors (Lipinski definition) is 5. The van der Waals surface area contributed by atoms with Crippen LogP contribution in [-0.2, 0) is 9.84 Å². The van der Waals surface area contributed by atoms with E-state index >= 15 is 0 Å². The van der Waals surface area contributed by atoms with Crippen molar-refractivity contribution >= 4 is 44.6 Å². The van der Waals surface area contributed by atoms with Crippen molar-refractivity contribution in [2.75, 3.05) is 6.26 Å². The molecule has 6 nitrogen and oxygen atoms in total. The summed E-state index contributed by atoms with van der Waals surface area (Å²) in [6.07, 6.45) is 5.47. The van der Waals surface area contributed by atoms with Gasteiger partial charge in [-0.1, -0.05) is 23.2 Å². The number of hydrogen-bond donors (Lipinski definition) is 0. The van der Waals surface area contributed by atoms with Crippen molar-refractivity contribution in [3.63, 3.8) is 0 Å². The molecule has 124 valence electrons. The van der Waals surface area contributed by atoms with Crippen LogP contribution in [0.15, 0.2) is 41.7 Å². The van der Waals surface area contributed by atoms with Gasteiger partial charge in [0.2, 0.25) is 5.28 Å². The Balaban J connectivity index is 2.25. The quantitative estimate of drug-likeness (QED) is 0.666. The second-order valence-electron chi connectivity index (χ2n) is 4.84. The second kappa shape index (κ2) is 6.33. The van der Waals surface area contributed by atoms with Gasteiger partial charge >= 0.3 is 0 Å². The van der Waals surface area contributed by atoms with Gasteiger partial charge in [0.15, 0.2) is 20.8 Å². The van der Waals surface area contributed by atoms with E-state index in [1.165, 1.54) is 16.8 Å². The molecule has 0 aromatic carbocycles. The summed E-state index contributed by atoms with van der Waals surface area (Å²) < 4.78 is 24.7. The fourth-order valence-electron chi connectivity index (χ4n) is 2.10. The van der Waals surface area contributed by atoms with E-state index in [0.717, 1.165) is 6.26 Å². The van der Waals surface area contributed by atoms with E-state index in [0.29, 0.717) is 11.3 Å². The summed E-state index contributed by atoms with van der Waals surface area (Å²) in [5, 5.41) is 0.314. The molecule has 0 unspecified atom stereocenters. The van der Waals surface area contributed by atoms with Crippen LogP contribution in [0, 0.1) is 0 Å². The molecule has 0 saturated heterocycles. The molecule has 0 aliphatic carbocycles. The maximum absolute atomic E-state index is 11.6. The van der Waals surface area contributed by atoms with E-state index in [1.54, 1.807) is 24.5 Å². The smallest absolute Gasteiger partial charge is 0.210 e. The van der Waals surface area contributed by atoms with Gasteiger partial charge in [-0.2, -0.15) is 0 Å². The molecule has 0 aliphatic rings. The van der Waals surface area contributed by atoms with Crippen LogP contribution >= 0.6 is 34.8 Å². The zero-order valence-corrected chi connectivity index (χ0v) is 15.2. The Morgan fingerprint density at radius 2 is 1.79 bits per heavy atom. The van der Waals surface area contributed by atoms with Crippen LogP contribution in [0.5, 0.6) is 0 Å². The SMILES string of the molecule is CS(=O)(=O)c1cnc(-n2c(Cl)nc(Cl)c2-c2ccncc2)c(Cl)c1. The van der Waals surface area contributed by atoms with E-state index in [2.05, 4.69) is 15.0 Å². The van der Waals surface area contributed by atoms with Crippen LogP contribution in [0.4, 0.5) is 0 Å². The van der Waals surface area contributed by atoms with E-state index in [-0.39, 0.29) is 26.2 Å². The number of rotatable bonds is 3. The standard InChI is InChI=1S/C14H9Cl3N4O2S/c1-24(22,23)9-6-10(15)13(19-7-9)21-11(12(16)20-14(21)17)8-2-4-18-5-3-8/h2-7H,1H3. The molecule has 0 spiro atoms. The number of sulfone groups is 1. The number of nitrogens with zero attached hydrogens (tertiary/aromatic N) is 4. The minimum Gasteiger partial charge on any atom is -0.265 e. The predicted molar refractivity (Wildman–Crippen MR) is 92.7 cm³/mol. The topological polar surface area (TPSA) is 77.7 Å². The summed E-state index contributed by atoms with van der Waals surface area (Å²) in [6.45, 7) is 0. The van der Waals surface area contributed by atoms with Crippen molar-refractivity contribution in [2.24, 2.45) is 0 Å². The summed E-state index contributed by atoms with van der Waals surface area (Å²) in [7, 11) is -3.43. The number of imidazole rings is 1. The third-order valence-electron chi connectivity index (χ3n) is 3.18.